The lowest BCUT2D eigenvalue weighted by atomic mass is 9.96. The molecule has 0 bridgehead atoms. The second kappa shape index (κ2) is 4.96. The van der Waals surface area contributed by atoms with Gasteiger partial charge in [-0.25, -0.2) is 4.98 Å². The first kappa shape index (κ1) is 11.0. The number of hydrogen-bond acceptors (Lipinski definition) is 3. The molecule has 1 rings (SSSR count). The summed E-state index contributed by atoms with van der Waals surface area (Å²) < 4.78 is 5.04. The summed E-state index contributed by atoms with van der Waals surface area (Å²) in [6, 6.07) is 5.62. The third-order valence-electron chi connectivity index (χ3n) is 2.36. The van der Waals surface area contributed by atoms with Crippen molar-refractivity contribution >= 4 is 0 Å². The largest absolute Gasteiger partial charge is 0.481 e. The molecule has 14 heavy (non-hydrogen) atoms. The van der Waals surface area contributed by atoms with Crippen LogP contribution < -0.4 is 4.74 Å². The second-order valence-corrected chi connectivity index (χ2v) is 3.36. The number of rotatable bonds is 4. The monoisotopic (exact) mass is 195 g/mol. The maximum absolute atomic E-state index is 9.55. The number of aliphatic hydroxyl groups is 1. The van der Waals surface area contributed by atoms with Crippen molar-refractivity contribution < 1.29 is 9.84 Å². The van der Waals surface area contributed by atoms with Crippen LogP contribution in [0.4, 0.5) is 0 Å². The van der Waals surface area contributed by atoms with Gasteiger partial charge in [0.1, 0.15) is 0 Å². The minimum atomic E-state index is -0.375. The fourth-order valence-corrected chi connectivity index (χ4v) is 1.55. The van der Waals surface area contributed by atoms with Crippen LogP contribution >= 0.6 is 0 Å². The number of aromatic nitrogens is 1. The van der Waals surface area contributed by atoms with Gasteiger partial charge in [-0.05, 0) is 19.4 Å². The minimum Gasteiger partial charge on any atom is -0.481 e. The van der Waals surface area contributed by atoms with Crippen molar-refractivity contribution in [1.82, 2.24) is 4.98 Å². The number of nitrogens with zero attached hydrogens (tertiary/aromatic N) is 1. The lowest BCUT2D eigenvalue weighted by molar-refractivity contribution is 0.157. The summed E-state index contributed by atoms with van der Waals surface area (Å²) >= 11 is 0. The van der Waals surface area contributed by atoms with Gasteiger partial charge < -0.3 is 9.84 Å². The SMILES string of the molecule is CCC(c1cccc(OC)n1)C(C)O. The Hall–Kier alpha value is -1.09. The fraction of sp³-hybridized carbons (Fsp3) is 0.545. The summed E-state index contributed by atoms with van der Waals surface area (Å²) in [7, 11) is 1.59. The molecule has 0 amide bonds. The highest BCUT2D eigenvalue weighted by Crippen LogP contribution is 2.22. The van der Waals surface area contributed by atoms with Crippen LogP contribution in [0, 0.1) is 0 Å². The number of aliphatic hydroxyl groups excluding tert-OH is 1. The smallest absolute Gasteiger partial charge is 0.213 e. The van der Waals surface area contributed by atoms with Gasteiger partial charge in [-0.3, -0.25) is 0 Å². The van der Waals surface area contributed by atoms with Gasteiger partial charge in [-0.1, -0.05) is 13.0 Å². The molecule has 1 aromatic heterocycles. The maximum atomic E-state index is 9.55. The molecule has 78 valence electrons. The lowest BCUT2D eigenvalue weighted by Gasteiger charge is -2.17. The Balaban J connectivity index is 2.92. The van der Waals surface area contributed by atoms with Gasteiger partial charge in [-0.15, -0.1) is 0 Å². The number of hydrogen-bond donors (Lipinski definition) is 1. The lowest BCUT2D eigenvalue weighted by Crippen LogP contribution is -2.15. The Labute approximate surface area is 84.7 Å². The van der Waals surface area contributed by atoms with Crippen molar-refractivity contribution in [2.24, 2.45) is 0 Å². The first-order valence-electron chi connectivity index (χ1n) is 4.88. The standard InChI is InChI=1S/C11H17NO2/c1-4-9(8(2)13)10-6-5-7-11(12-10)14-3/h5-9,13H,4H2,1-3H3. The molecule has 0 fully saturated rings. The zero-order valence-corrected chi connectivity index (χ0v) is 8.90. The molecule has 0 saturated carbocycles. The molecular weight excluding hydrogens is 178 g/mol. The van der Waals surface area contributed by atoms with Crippen molar-refractivity contribution in [1.29, 1.82) is 0 Å². The van der Waals surface area contributed by atoms with Crippen LogP contribution in [0.2, 0.25) is 0 Å². The summed E-state index contributed by atoms with van der Waals surface area (Å²) in [6.45, 7) is 3.83. The molecule has 0 radical (unpaired) electrons. The molecule has 0 aliphatic rings. The van der Waals surface area contributed by atoms with Crippen molar-refractivity contribution in [3.63, 3.8) is 0 Å². The summed E-state index contributed by atoms with van der Waals surface area (Å²) in [5, 5.41) is 9.55. The maximum Gasteiger partial charge on any atom is 0.213 e. The molecule has 3 heteroatoms. The Morgan fingerprint density at radius 1 is 1.50 bits per heavy atom. The molecule has 0 spiro atoms. The minimum absolute atomic E-state index is 0.0881. The molecular formula is C11H17NO2. The quantitative estimate of drug-likeness (QED) is 0.798. The van der Waals surface area contributed by atoms with Crippen LogP contribution in [0.1, 0.15) is 31.9 Å². The van der Waals surface area contributed by atoms with Gasteiger partial charge in [-0.2, -0.15) is 0 Å². The molecule has 2 atom stereocenters. The second-order valence-electron chi connectivity index (χ2n) is 3.36. The molecule has 1 aromatic rings. The highest BCUT2D eigenvalue weighted by Gasteiger charge is 2.16. The number of methoxy groups -OCH3 is 1. The zero-order valence-electron chi connectivity index (χ0n) is 8.90. The van der Waals surface area contributed by atoms with E-state index < -0.39 is 0 Å². The molecule has 3 nitrogen and oxygen atoms in total. The Bertz CT molecular complexity index is 286. The average Bonchev–Trinajstić information content (AvgIpc) is 2.19. The van der Waals surface area contributed by atoms with E-state index in [2.05, 4.69) is 4.98 Å². The summed E-state index contributed by atoms with van der Waals surface area (Å²) in [5.74, 6) is 0.687. The zero-order chi connectivity index (χ0) is 10.6. The van der Waals surface area contributed by atoms with Crippen molar-refractivity contribution in [3.8, 4) is 5.88 Å². The van der Waals surface area contributed by atoms with E-state index in [0.29, 0.717) is 5.88 Å². The van der Waals surface area contributed by atoms with Gasteiger partial charge in [0.15, 0.2) is 0 Å². The highest BCUT2D eigenvalue weighted by atomic mass is 16.5. The Kier molecular flexibility index (Phi) is 3.89. The van der Waals surface area contributed by atoms with Gasteiger partial charge in [0, 0.05) is 12.0 Å². The molecule has 0 aromatic carbocycles. The summed E-state index contributed by atoms with van der Waals surface area (Å²) in [4.78, 5) is 4.30. The molecule has 1 heterocycles. The van der Waals surface area contributed by atoms with Crippen molar-refractivity contribution in [2.45, 2.75) is 32.3 Å². The summed E-state index contributed by atoms with van der Waals surface area (Å²) in [5.41, 5.74) is 0.891. The van der Waals surface area contributed by atoms with Crippen LogP contribution in [0.25, 0.3) is 0 Å². The van der Waals surface area contributed by atoms with E-state index >= 15 is 0 Å². The predicted molar refractivity (Wildman–Crippen MR) is 55.5 cm³/mol. The van der Waals surface area contributed by atoms with E-state index in [1.807, 2.05) is 19.1 Å². The van der Waals surface area contributed by atoms with Crippen LogP contribution in [0.3, 0.4) is 0 Å². The van der Waals surface area contributed by atoms with Gasteiger partial charge in [0.25, 0.3) is 0 Å². The van der Waals surface area contributed by atoms with Crippen molar-refractivity contribution in [2.75, 3.05) is 7.11 Å². The van der Waals surface area contributed by atoms with Gasteiger partial charge in [0.05, 0.1) is 18.9 Å². The summed E-state index contributed by atoms with van der Waals surface area (Å²) in [6.07, 6.45) is 0.497. The van der Waals surface area contributed by atoms with Crippen LogP contribution in [-0.2, 0) is 0 Å². The van der Waals surface area contributed by atoms with E-state index in [4.69, 9.17) is 4.74 Å². The van der Waals surface area contributed by atoms with E-state index in [9.17, 15) is 5.11 Å². The Morgan fingerprint density at radius 2 is 2.21 bits per heavy atom. The van der Waals surface area contributed by atoms with E-state index in [1.54, 1.807) is 20.1 Å². The van der Waals surface area contributed by atoms with Gasteiger partial charge >= 0.3 is 0 Å². The Morgan fingerprint density at radius 3 is 2.71 bits per heavy atom. The van der Waals surface area contributed by atoms with E-state index in [-0.39, 0.29) is 12.0 Å². The van der Waals surface area contributed by atoms with Crippen LogP contribution in [0.5, 0.6) is 5.88 Å². The molecule has 2 unspecified atom stereocenters. The van der Waals surface area contributed by atoms with Crippen LogP contribution in [-0.4, -0.2) is 23.3 Å². The van der Waals surface area contributed by atoms with Crippen molar-refractivity contribution in [3.05, 3.63) is 23.9 Å². The fourth-order valence-electron chi connectivity index (χ4n) is 1.55. The first-order valence-corrected chi connectivity index (χ1v) is 4.88. The highest BCUT2D eigenvalue weighted by molar-refractivity contribution is 5.19. The van der Waals surface area contributed by atoms with E-state index in [1.165, 1.54) is 0 Å². The molecule has 0 aliphatic carbocycles. The van der Waals surface area contributed by atoms with Gasteiger partial charge in [0.2, 0.25) is 5.88 Å². The normalized spacial score (nSPS) is 14.9. The molecule has 0 saturated heterocycles. The molecule has 1 N–H and O–H groups in total. The predicted octanol–water partition coefficient (Wildman–Crippen LogP) is 1.96. The first-order chi connectivity index (χ1) is 6.69. The van der Waals surface area contributed by atoms with Crippen LogP contribution in [0.15, 0.2) is 18.2 Å². The topological polar surface area (TPSA) is 42.4 Å². The molecule has 0 aliphatic heterocycles. The number of pyridine rings is 1. The third-order valence-corrected chi connectivity index (χ3v) is 2.36. The van der Waals surface area contributed by atoms with E-state index in [0.717, 1.165) is 12.1 Å². The third kappa shape index (κ3) is 2.45. The number of ether oxygens (including phenoxy) is 1. The average molecular weight is 195 g/mol.